The number of halogens is 7. The highest BCUT2D eigenvalue weighted by molar-refractivity contribution is 4.92. The second-order valence-corrected chi connectivity index (χ2v) is 2.77. The number of hydrogen-bond donors (Lipinski definition) is 0. The van der Waals surface area contributed by atoms with Crippen LogP contribution >= 0.6 is 0 Å². The van der Waals surface area contributed by atoms with Gasteiger partial charge in [-0.1, -0.05) is 0 Å². The first-order valence-corrected chi connectivity index (χ1v) is 3.52. The Balaban J connectivity index is 4.85. The Bertz CT molecular complexity index is 212. The van der Waals surface area contributed by atoms with Crippen LogP contribution in [0.3, 0.4) is 0 Å². The minimum atomic E-state index is -6.46. The van der Waals surface area contributed by atoms with Gasteiger partial charge in [-0.05, 0) is 0 Å². The zero-order chi connectivity index (χ0) is 12.5. The van der Waals surface area contributed by atoms with E-state index < -0.39 is 37.2 Å². The van der Waals surface area contributed by atoms with Gasteiger partial charge in [-0.2, -0.15) is 30.7 Å². The molecule has 0 aliphatic heterocycles. The SMILES string of the molecule is [O]CC([O])CC(F)(F)C(F)(F)C(F)(F)F. The molecule has 0 rings (SSSR count). The minimum Gasteiger partial charge on any atom is -0.234 e. The summed E-state index contributed by atoms with van der Waals surface area (Å²) >= 11 is 0. The van der Waals surface area contributed by atoms with E-state index >= 15 is 0 Å². The van der Waals surface area contributed by atoms with E-state index in [2.05, 4.69) is 0 Å². The summed E-state index contributed by atoms with van der Waals surface area (Å²) in [5, 5.41) is 19.9. The summed E-state index contributed by atoms with van der Waals surface area (Å²) in [5.41, 5.74) is 0. The molecule has 15 heavy (non-hydrogen) atoms. The average Bonchev–Trinajstić information content (AvgIpc) is 2.00. The van der Waals surface area contributed by atoms with Crippen LogP contribution in [0.25, 0.3) is 0 Å². The van der Waals surface area contributed by atoms with E-state index in [0.717, 1.165) is 0 Å². The zero-order valence-electron chi connectivity index (χ0n) is 6.95. The summed E-state index contributed by atoms with van der Waals surface area (Å²) in [6, 6.07) is 0. The zero-order valence-corrected chi connectivity index (χ0v) is 6.95. The van der Waals surface area contributed by atoms with Crippen molar-refractivity contribution in [2.45, 2.75) is 30.5 Å². The standard InChI is InChI=1S/C6H5F7O2/c7-4(8,1-3(15)2-14)5(9,10)6(11,12)13/h3H,1-2H2. The summed E-state index contributed by atoms with van der Waals surface area (Å²) in [4.78, 5) is 0. The molecule has 0 N–H and O–H groups in total. The molecule has 90 valence electrons. The first-order valence-electron chi connectivity index (χ1n) is 3.52. The third-order valence-corrected chi connectivity index (χ3v) is 1.49. The van der Waals surface area contributed by atoms with Gasteiger partial charge < -0.3 is 0 Å². The smallest absolute Gasteiger partial charge is 0.234 e. The van der Waals surface area contributed by atoms with Crippen molar-refractivity contribution in [3.05, 3.63) is 0 Å². The van der Waals surface area contributed by atoms with Crippen molar-refractivity contribution in [2.24, 2.45) is 0 Å². The van der Waals surface area contributed by atoms with Crippen molar-refractivity contribution < 1.29 is 40.9 Å². The Kier molecular flexibility index (Phi) is 3.97. The minimum absolute atomic E-state index is 1.69. The summed E-state index contributed by atoms with van der Waals surface area (Å²) < 4.78 is 83.3. The van der Waals surface area contributed by atoms with Crippen LogP contribution in [-0.4, -0.2) is 30.7 Å². The van der Waals surface area contributed by atoms with Gasteiger partial charge in [-0.3, -0.25) is 0 Å². The topological polar surface area (TPSA) is 39.8 Å². The van der Waals surface area contributed by atoms with Gasteiger partial charge in [0, 0.05) is 6.42 Å². The first kappa shape index (κ1) is 14.4. The van der Waals surface area contributed by atoms with Gasteiger partial charge in [0.25, 0.3) is 0 Å². The molecule has 0 heterocycles. The molecule has 2 radical (unpaired) electrons. The number of rotatable bonds is 4. The summed E-state index contributed by atoms with van der Waals surface area (Å²) in [7, 11) is 0. The molecule has 9 heteroatoms. The largest absolute Gasteiger partial charge is 0.459 e. The van der Waals surface area contributed by atoms with Crippen LogP contribution in [-0.2, 0) is 10.2 Å². The second-order valence-electron chi connectivity index (χ2n) is 2.77. The predicted octanol–water partition coefficient (Wildman–Crippen LogP) is 2.44. The van der Waals surface area contributed by atoms with Gasteiger partial charge in [0.05, 0.1) is 0 Å². The molecule has 0 aromatic carbocycles. The third-order valence-electron chi connectivity index (χ3n) is 1.49. The maximum absolute atomic E-state index is 12.3. The first-order chi connectivity index (χ1) is 6.45. The van der Waals surface area contributed by atoms with Gasteiger partial charge >= 0.3 is 18.0 Å². The fourth-order valence-corrected chi connectivity index (χ4v) is 0.680. The molecule has 2 nitrogen and oxygen atoms in total. The van der Waals surface area contributed by atoms with Crippen molar-refractivity contribution >= 4 is 0 Å². The molecule has 1 unspecified atom stereocenters. The van der Waals surface area contributed by atoms with E-state index in [1.807, 2.05) is 0 Å². The monoisotopic (exact) mass is 242 g/mol. The molecule has 0 fully saturated rings. The van der Waals surface area contributed by atoms with E-state index in [1.54, 1.807) is 0 Å². The summed E-state index contributed by atoms with van der Waals surface area (Å²) in [6.07, 6.45) is -11.5. The molecule has 1 atom stereocenters. The average molecular weight is 242 g/mol. The Morgan fingerprint density at radius 3 is 1.60 bits per heavy atom. The van der Waals surface area contributed by atoms with E-state index in [1.165, 1.54) is 0 Å². The second kappa shape index (κ2) is 4.12. The molecule has 0 bridgehead atoms. The lowest BCUT2D eigenvalue weighted by Crippen LogP contribution is -2.53. The molecule has 0 saturated heterocycles. The number of alkyl halides is 7. The Labute approximate surface area is 79.3 Å². The van der Waals surface area contributed by atoms with Crippen LogP contribution in [0.2, 0.25) is 0 Å². The van der Waals surface area contributed by atoms with Crippen LogP contribution in [0.5, 0.6) is 0 Å². The molecule has 0 aromatic rings. The molecule has 0 aliphatic carbocycles. The lowest BCUT2D eigenvalue weighted by atomic mass is 10.0. The van der Waals surface area contributed by atoms with Crippen molar-refractivity contribution in [3.63, 3.8) is 0 Å². The molecule has 0 amide bonds. The van der Waals surface area contributed by atoms with E-state index in [0.29, 0.717) is 0 Å². The van der Waals surface area contributed by atoms with Crippen LogP contribution in [0, 0.1) is 0 Å². The highest BCUT2D eigenvalue weighted by Gasteiger charge is 2.72. The van der Waals surface area contributed by atoms with Crippen molar-refractivity contribution in [1.82, 2.24) is 0 Å². The van der Waals surface area contributed by atoms with Gasteiger partial charge in [0.2, 0.25) is 0 Å². The van der Waals surface area contributed by atoms with Crippen LogP contribution in [0.1, 0.15) is 6.42 Å². The Hall–Kier alpha value is -0.570. The molecular weight excluding hydrogens is 237 g/mol. The predicted molar refractivity (Wildman–Crippen MR) is 30.6 cm³/mol. The van der Waals surface area contributed by atoms with Crippen molar-refractivity contribution in [3.8, 4) is 0 Å². The van der Waals surface area contributed by atoms with E-state index in [-0.39, 0.29) is 0 Å². The molecule has 0 aliphatic rings. The summed E-state index contributed by atoms with van der Waals surface area (Å²) in [6.45, 7) is -1.69. The highest BCUT2D eigenvalue weighted by Crippen LogP contribution is 2.48. The fourth-order valence-electron chi connectivity index (χ4n) is 0.680. The third kappa shape index (κ3) is 2.94. The quantitative estimate of drug-likeness (QED) is 0.679. The Morgan fingerprint density at radius 2 is 1.33 bits per heavy atom. The van der Waals surface area contributed by atoms with Gasteiger partial charge in [0.1, 0.15) is 12.7 Å². The van der Waals surface area contributed by atoms with Gasteiger partial charge in [-0.15, -0.1) is 0 Å². The van der Waals surface area contributed by atoms with Gasteiger partial charge in [0.15, 0.2) is 0 Å². The van der Waals surface area contributed by atoms with Crippen molar-refractivity contribution in [1.29, 1.82) is 0 Å². The molecule has 0 aromatic heterocycles. The van der Waals surface area contributed by atoms with Gasteiger partial charge in [-0.25, -0.2) is 10.2 Å². The molecule has 0 spiro atoms. The number of hydrogen-bond acceptors (Lipinski definition) is 0. The maximum atomic E-state index is 12.3. The Morgan fingerprint density at radius 1 is 0.933 bits per heavy atom. The molecule has 0 saturated carbocycles. The lowest BCUT2D eigenvalue weighted by molar-refractivity contribution is -0.359. The normalized spacial score (nSPS) is 16.6. The maximum Gasteiger partial charge on any atom is 0.459 e. The van der Waals surface area contributed by atoms with Crippen LogP contribution in [0.4, 0.5) is 30.7 Å². The summed E-state index contributed by atoms with van der Waals surface area (Å²) in [5.74, 6) is -11.9. The molecular formula is C6H5F7O2. The fraction of sp³-hybridized carbons (Fsp3) is 1.00. The van der Waals surface area contributed by atoms with Crippen molar-refractivity contribution in [2.75, 3.05) is 6.61 Å². The van der Waals surface area contributed by atoms with E-state index in [9.17, 15) is 40.9 Å². The van der Waals surface area contributed by atoms with E-state index in [4.69, 9.17) is 0 Å². The lowest BCUT2D eigenvalue weighted by Gasteiger charge is -2.28. The van der Waals surface area contributed by atoms with Crippen LogP contribution in [0.15, 0.2) is 0 Å². The highest BCUT2D eigenvalue weighted by atomic mass is 19.4. The van der Waals surface area contributed by atoms with Crippen LogP contribution < -0.4 is 0 Å².